The van der Waals surface area contributed by atoms with Gasteiger partial charge in [-0.3, -0.25) is 9.59 Å². The second kappa shape index (κ2) is 11.1. The van der Waals surface area contributed by atoms with Crippen molar-refractivity contribution in [1.82, 2.24) is 10.2 Å². The number of halogens is 2. The molecule has 0 saturated carbocycles. The summed E-state index contributed by atoms with van der Waals surface area (Å²) >= 11 is 12.2. The zero-order valence-electron chi connectivity index (χ0n) is 16.8. The molecule has 0 saturated heterocycles. The Labute approximate surface area is 181 Å². The predicted molar refractivity (Wildman–Crippen MR) is 116 cm³/mol. The van der Waals surface area contributed by atoms with Crippen molar-refractivity contribution < 1.29 is 14.3 Å². The van der Waals surface area contributed by atoms with Crippen LogP contribution < -0.4 is 10.1 Å². The van der Waals surface area contributed by atoms with Crippen LogP contribution in [0.2, 0.25) is 10.0 Å². The summed E-state index contributed by atoms with van der Waals surface area (Å²) in [5.74, 6) is -0.0561. The molecule has 0 spiro atoms. The van der Waals surface area contributed by atoms with Crippen molar-refractivity contribution in [3.63, 3.8) is 0 Å². The molecule has 5 nitrogen and oxygen atoms in total. The van der Waals surface area contributed by atoms with Crippen LogP contribution in [0.1, 0.15) is 32.8 Å². The molecule has 0 fully saturated rings. The number of amides is 2. The highest BCUT2D eigenvalue weighted by Crippen LogP contribution is 2.20. The minimum atomic E-state index is -0.685. The quantitative estimate of drug-likeness (QED) is 0.619. The lowest BCUT2D eigenvalue weighted by Crippen LogP contribution is -2.50. The molecule has 29 heavy (non-hydrogen) atoms. The summed E-state index contributed by atoms with van der Waals surface area (Å²) in [6.45, 7) is 5.60. The smallest absolute Gasteiger partial charge is 0.261 e. The summed E-state index contributed by atoms with van der Waals surface area (Å²) in [6.07, 6.45) is 0.800. The molecular formula is C22H26Cl2N2O3. The third-order valence-electron chi connectivity index (χ3n) is 4.63. The Morgan fingerprint density at radius 2 is 1.83 bits per heavy atom. The number of ether oxygens (including phenoxy) is 1. The molecule has 0 heterocycles. The Kier molecular flexibility index (Phi) is 8.80. The predicted octanol–water partition coefficient (Wildman–Crippen LogP) is 4.70. The van der Waals surface area contributed by atoms with Gasteiger partial charge in [0.2, 0.25) is 5.91 Å². The summed E-state index contributed by atoms with van der Waals surface area (Å²) in [6, 6.07) is 13.4. The van der Waals surface area contributed by atoms with Gasteiger partial charge in [0.15, 0.2) is 6.61 Å². The molecule has 2 aromatic rings. The molecule has 2 atom stereocenters. The van der Waals surface area contributed by atoms with Crippen molar-refractivity contribution in [3.05, 3.63) is 64.1 Å². The van der Waals surface area contributed by atoms with Crippen LogP contribution in [-0.2, 0) is 16.1 Å². The molecule has 0 radical (unpaired) electrons. The van der Waals surface area contributed by atoms with Gasteiger partial charge in [-0.1, -0.05) is 54.4 Å². The van der Waals surface area contributed by atoms with Gasteiger partial charge in [0, 0.05) is 22.6 Å². The molecule has 0 aromatic heterocycles. The number of carbonyl (C=O) groups excluding carboxylic acids is 2. The van der Waals surface area contributed by atoms with Crippen molar-refractivity contribution in [1.29, 1.82) is 0 Å². The Morgan fingerprint density at radius 1 is 1.10 bits per heavy atom. The first-order valence-corrected chi connectivity index (χ1v) is 10.3. The standard InChI is InChI=1S/C22H26Cl2N2O3/c1-4-15(2)25-22(28)16(3)26(13-17-8-5-6-11-20(17)24)21(27)14-29-19-10-7-9-18(23)12-19/h5-12,15-16H,4,13-14H2,1-3H3,(H,25,28). The molecule has 1 N–H and O–H groups in total. The minimum absolute atomic E-state index is 0.0184. The van der Waals surface area contributed by atoms with Crippen molar-refractivity contribution in [3.8, 4) is 5.75 Å². The first-order chi connectivity index (χ1) is 13.8. The van der Waals surface area contributed by atoms with E-state index in [2.05, 4.69) is 5.32 Å². The lowest BCUT2D eigenvalue weighted by atomic mass is 10.1. The molecule has 156 valence electrons. The van der Waals surface area contributed by atoms with Crippen LogP contribution in [0.15, 0.2) is 48.5 Å². The van der Waals surface area contributed by atoms with Crippen molar-refractivity contribution in [2.24, 2.45) is 0 Å². The first-order valence-electron chi connectivity index (χ1n) is 9.53. The molecule has 2 unspecified atom stereocenters. The van der Waals surface area contributed by atoms with Gasteiger partial charge in [-0.2, -0.15) is 0 Å². The molecule has 0 aliphatic heterocycles. The number of hydrogen-bond donors (Lipinski definition) is 1. The average molecular weight is 437 g/mol. The largest absolute Gasteiger partial charge is 0.484 e. The highest BCUT2D eigenvalue weighted by molar-refractivity contribution is 6.31. The van der Waals surface area contributed by atoms with Crippen LogP contribution >= 0.6 is 23.2 Å². The molecule has 0 aliphatic carbocycles. The van der Waals surface area contributed by atoms with Gasteiger partial charge in [0.25, 0.3) is 5.91 Å². The van der Waals surface area contributed by atoms with E-state index in [1.807, 2.05) is 32.0 Å². The van der Waals surface area contributed by atoms with Crippen molar-refractivity contribution in [2.75, 3.05) is 6.61 Å². The summed E-state index contributed by atoms with van der Waals surface area (Å²) < 4.78 is 5.59. The molecule has 2 aromatic carbocycles. The lowest BCUT2D eigenvalue weighted by Gasteiger charge is -2.30. The lowest BCUT2D eigenvalue weighted by molar-refractivity contribution is -0.142. The minimum Gasteiger partial charge on any atom is -0.484 e. The van der Waals surface area contributed by atoms with Gasteiger partial charge in [0.05, 0.1) is 0 Å². The molecule has 0 bridgehead atoms. The molecule has 7 heteroatoms. The second-order valence-corrected chi connectivity index (χ2v) is 7.70. The Bertz CT molecular complexity index is 844. The maximum Gasteiger partial charge on any atom is 0.261 e. The van der Waals surface area contributed by atoms with E-state index in [0.29, 0.717) is 15.8 Å². The number of nitrogens with one attached hydrogen (secondary N) is 1. The third-order valence-corrected chi connectivity index (χ3v) is 5.23. The second-order valence-electron chi connectivity index (χ2n) is 6.85. The van der Waals surface area contributed by atoms with E-state index in [4.69, 9.17) is 27.9 Å². The zero-order valence-corrected chi connectivity index (χ0v) is 18.3. The number of hydrogen-bond acceptors (Lipinski definition) is 3. The van der Waals surface area contributed by atoms with Crippen LogP contribution in [0, 0.1) is 0 Å². The molecule has 2 rings (SSSR count). The van der Waals surface area contributed by atoms with Crippen LogP contribution in [-0.4, -0.2) is 35.4 Å². The average Bonchev–Trinajstić information content (AvgIpc) is 2.70. The maximum atomic E-state index is 13.0. The summed E-state index contributed by atoms with van der Waals surface area (Å²) in [5, 5.41) is 3.98. The fourth-order valence-electron chi connectivity index (χ4n) is 2.64. The molecular weight excluding hydrogens is 411 g/mol. The van der Waals surface area contributed by atoms with Crippen molar-refractivity contribution >= 4 is 35.0 Å². The monoisotopic (exact) mass is 436 g/mol. The number of rotatable bonds is 9. The highest BCUT2D eigenvalue weighted by Gasteiger charge is 2.27. The molecule has 0 aliphatic rings. The van der Waals surface area contributed by atoms with Crippen LogP contribution in [0.5, 0.6) is 5.75 Å². The van der Waals surface area contributed by atoms with Crippen molar-refractivity contribution in [2.45, 2.75) is 45.8 Å². The van der Waals surface area contributed by atoms with E-state index in [-0.39, 0.29) is 31.0 Å². The van der Waals surface area contributed by atoms with E-state index < -0.39 is 6.04 Å². The normalized spacial score (nSPS) is 12.7. The third kappa shape index (κ3) is 6.94. The van der Waals surface area contributed by atoms with Crippen LogP contribution in [0.3, 0.4) is 0 Å². The van der Waals surface area contributed by atoms with Crippen LogP contribution in [0.4, 0.5) is 0 Å². The van der Waals surface area contributed by atoms with Gasteiger partial charge in [-0.15, -0.1) is 0 Å². The number of carbonyl (C=O) groups is 2. The number of benzene rings is 2. The first kappa shape index (κ1) is 23.0. The van der Waals surface area contributed by atoms with Gasteiger partial charge in [-0.25, -0.2) is 0 Å². The summed E-state index contributed by atoms with van der Waals surface area (Å²) in [5.41, 5.74) is 0.758. The van der Waals surface area contributed by atoms with E-state index in [0.717, 1.165) is 12.0 Å². The van der Waals surface area contributed by atoms with E-state index in [9.17, 15) is 9.59 Å². The topological polar surface area (TPSA) is 58.6 Å². The SMILES string of the molecule is CCC(C)NC(=O)C(C)N(Cc1ccccc1Cl)C(=O)COc1cccc(Cl)c1. The summed E-state index contributed by atoms with van der Waals surface area (Å²) in [4.78, 5) is 27.1. The Balaban J connectivity index is 2.17. The zero-order chi connectivity index (χ0) is 21.4. The van der Waals surface area contributed by atoms with E-state index >= 15 is 0 Å². The summed E-state index contributed by atoms with van der Waals surface area (Å²) in [7, 11) is 0. The Hall–Kier alpha value is -2.24. The Morgan fingerprint density at radius 3 is 2.48 bits per heavy atom. The molecule has 2 amide bonds. The highest BCUT2D eigenvalue weighted by atomic mass is 35.5. The van der Waals surface area contributed by atoms with Crippen LogP contribution in [0.25, 0.3) is 0 Å². The number of nitrogens with zero attached hydrogens (tertiary/aromatic N) is 1. The van der Waals surface area contributed by atoms with E-state index in [1.54, 1.807) is 37.3 Å². The fraction of sp³-hybridized carbons (Fsp3) is 0.364. The fourth-order valence-corrected chi connectivity index (χ4v) is 3.02. The van der Waals surface area contributed by atoms with Gasteiger partial charge < -0.3 is 15.0 Å². The van der Waals surface area contributed by atoms with Gasteiger partial charge in [0.1, 0.15) is 11.8 Å². The van der Waals surface area contributed by atoms with Gasteiger partial charge >= 0.3 is 0 Å². The van der Waals surface area contributed by atoms with Gasteiger partial charge in [-0.05, 0) is 50.1 Å². The van der Waals surface area contributed by atoms with E-state index in [1.165, 1.54) is 4.90 Å². The maximum absolute atomic E-state index is 13.0.